The highest BCUT2D eigenvalue weighted by Gasteiger charge is 2.13. The molecule has 1 unspecified atom stereocenters. The van der Waals surface area contributed by atoms with E-state index in [1.165, 1.54) is 0 Å². The lowest BCUT2D eigenvalue weighted by molar-refractivity contribution is -0.0731. The minimum absolute atomic E-state index is 0.288. The summed E-state index contributed by atoms with van der Waals surface area (Å²) in [4.78, 5) is 0. The van der Waals surface area contributed by atoms with Crippen LogP contribution in [0.3, 0.4) is 0 Å². The van der Waals surface area contributed by atoms with Crippen LogP contribution < -0.4 is 0 Å². The summed E-state index contributed by atoms with van der Waals surface area (Å²) in [5.74, 6) is 0. The maximum Gasteiger partial charge on any atom is 0.122 e. The summed E-state index contributed by atoms with van der Waals surface area (Å²) >= 11 is 0. The zero-order valence-electron chi connectivity index (χ0n) is 7.69. The SMILES string of the molecule is c1ccn(COC2CCCOC2)c1. The van der Waals surface area contributed by atoms with Crippen molar-refractivity contribution in [2.45, 2.75) is 25.7 Å². The highest BCUT2D eigenvalue weighted by molar-refractivity contribution is 4.89. The second-order valence-corrected chi connectivity index (χ2v) is 3.33. The molecular weight excluding hydrogens is 166 g/mol. The summed E-state index contributed by atoms with van der Waals surface area (Å²) in [5.41, 5.74) is 0. The summed E-state index contributed by atoms with van der Waals surface area (Å²) < 4.78 is 13.0. The fourth-order valence-corrected chi connectivity index (χ4v) is 1.49. The monoisotopic (exact) mass is 181 g/mol. The van der Waals surface area contributed by atoms with Gasteiger partial charge in [-0.3, -0.25) is 0 Å². The molecule has 13 heavy (non-hydrogen) atoms. The van der Waals surface area contributed by atoms with E-state index in [4.69, 9.17) is 9.47 Å². The molecule has 0 N–H and O–H groups in total. The van der Waals surface area contributed by atoms with Gasteiger partial charge in [-0.15, -0.1) is 0 Å². The van der Waals surface area contributed by atoms with E-state index in [9.17, 15) is 0 Å². The van der Waals surface area contributed by atoms with Gasteiger partial charge in [0.2, 0.25) is 0 Å². The lowest BCUT2D eigenvalue weighted by Crippen LogP contribution is -2.26. The van der Waals surface area contributed by atoms with Crippen LogP contribution in [0.5, 0.6) is 0 Å². The average Bonchev–Trinajstić information content (AvgIpc) is 2.69. The molecular formula is C10H15NO2. The second-order valence-electron chi connectivity index (χ2n) is 3.33. The molecule has 2 rings (SSSR count). The topological polar surface area (TPSA) is 23.4 Å². The molecule has 0 amide bonds. The first kappa shape index (κ1) is 8.78. The van der Waals surface area contributed by atoms with Gasteiger partial charge in [0.15, 0.2) is 0 Å². The first-order valence-electron chi connectivity index (χ1n) is 4.75. The van der Waals surface area contributed by atoms with E-state index in [1.54, 1.807) is 0 Å². The van der Waals surface area contributed by atoms with Crippen molar-refractivity contribution in [1.82, 2.24) is 4.57 Å². The van der Waals surface area contributed by atoms with Crippen LogP contribution >= 0.6 is 0 Å². The minimum Gasteiger partial charge on any atom is -0.379 e. The van der Waals surface area contributed by atoms with Crippen LogP contribution in [0.25, 0.3) is 0 Å². The largest absolute Gasteiger partial charge is 0.379 e. The molecule has 1 atom stereocenters. The van der Waals surface area contributed by atoms with Crippen LogP contribution in [-0.2, 0) is 16.2 Å². The number of ether oxygens (including phenoxy) is 2. The summed E-state index contributed by atoms with van der Waals surface area (Å²) in [6.07, 6.45) is 6.54. The van der Waals surface area contributed by atoms with Gasteiger partial charge in [-0.2, -0.15) is 0 Å². The molecule has 1 aromatic rings. The standard InChI is InChI=1S/C10H15NO2/c1-2-6-11(5-1)9-13-10-4-3-7-12-8-10/h1-2,5-6,10H,3-4,7-9H2. The Hall–Kier alpha value is -0.800. The normalized spacial score (nSPS) is 23.2. The highest BCUT2D eigenvalue weighted by atomic mass is 16.5. The van der Waals surface area contributed by atoms with E-state index in [0.717, 1.165) is 26.1 Å². The zero-order chi connectivity index (χ0) is 8.93. The Bertz CT molecular complexity index is 227. The minimum atomic E-state index is 0.288. The molecule has 2 heterocycles. The Labute approximate surface area is 78.3 Å². The van der Waals surface area contributed by atoms with Crippen LogP contribution in [0.4, 0.5) is 0 Å². The highest BCUT2D eigenvalue weighted by Crippen LogP contribution is 2.10. The number of nitrogens with zero attached hydrogens (tertiary/aromatic N) is 1. The van der Waals surface area contributed by atoms with Gasteiger partial charge in [0.05, 0.1) is 12.7 Å². The third kappa shape index (κ3) is 2.57. The van der Waals surface area contributed by atoms with Gasteiger partial charge in [0, 0.05) is 19.0 Å². The smallest absolute Gasteiger partial charge is 0.122 e. The van der Waals surface area contributed by atoms with Gasteiger partial charge >= 0.3 is 0 Å². The van der Waals surface area contributed by atoms with Crippen molar-refractivity contribution < 1.29 is 9.47 Å². The van der Waals surface area contributed by atoms with Gasteiger partial charge in [0.25, 0.3) is 0 Å². The third-order valence-electron chi connectivity index (χ3n) is 2.24. The van der Waals surface area contributed by atoms with Gasteiger partial charge < -0.3 is 14.0 Å². The third-order valence-corrected chi connectivity index (χ3v) is 2.24. The molecule has 3 heteroatoms. The van der Waals surface area contributed by atoms with Gasteiger partial charge in [-0.1, -0.05) is 0 Å². The number of rotatable bonds is 3. The Morgan fingerprint density at radius 1 is 1.38 bits per heavy atom. The van der Waals surface area contributed by atoms with Crippen molar-refractivity contribution in [3.63, 3.8) is 0 Å². The van der Waals surface area contributed by atoms with E-state index in [-0.39, 0.29) is 6.10 Å². The predicted molar refractivity (Wildman–Crippen MR) is 49.4 cm³/mol. The molecule has 0 aromatic carbocycles. The van der Waals surface area contributed by atoms with E-state index >= 15 is 0 Å². The molecule has 1 aliphatic heterocycles. The van der Waals surface area contributed by atoms with Crippen molar-refractivity contribution >= 4 is 0 Å². The lowest BCUT2D eigenvalue weighted by atomic mass is 10.2. The summed E-state index contributed by atoms with van der Waals surface area (Å²) in [6, 6.07) is 4.00. The van der Waals surface area contributed by atoms with Crippen LogP contribution in [0.2, 0.25) is 0 Å². The van der Waals surface area contributed by atoms with Gasteiger partial charge in [0.1, 0.15) is 6.73 Å². The molecule has 0 spiro atoms. The quantitative estimate of drug-likeness (QED) is 0.707. The molecule has 0 aliphatic carbocycles. The van der Waals surface area contributed by atoms with E-state index in [0.29, 0.717) is 6.73 Å². The van der Waals surface area contributed by atoms with Crippen molar-refractivity contribution in [2.24, 2.45) is 0 Å². The fraction of sp³-hybridized carbons (Fsp3) is 0.600. The average molecular weight is 181 g/mol. The van der Waals surface area contributed by atoms with Crippen LogP contribution in [0, 0.1) is 0 Å². The summed E-state index contributed by atoms with van der Waals surface area (Å²) in [7, 11) is 0. The van der Waals surface area contributed by atoms with Gasteiger partial charge in [-0.25, -0.2) is 0 Å². The number of hydrogen-bond acceptors (Lipinski definition) is 2. The Balaban J connectivity index is 1.72. The van der Waals surface area contributed by atoms with E-state index < -0.39 is 0 Å². The second kappa shape index (κ2) is 4.44. The fourth-order valence-electron chi connectivity index (χ4n) is 1.49. The Morgan fingerprint density at radius 3 is 2.92 bits per heavy atom. The molecule has 1 aliphatic rings. The molecule has 0 radical (unpaired) electrons. The zero-order valence-corrected chi connectivity index (χ0v) is 7.69. The molecule has 0 saturated carbocycles. The molecule has 0 bridgehead atoms. The maximum atomic E-state index is 5.67. The lowest BCUT2D eigenvalue weighted by Gasteiger charge is -2.22. The van der Waals surface area contributed by atoms with E-state index in [1.807, 2.05) is 29.1 Å². The van der Waals surface area contributed by atoms with E-state index in [2.05, 4.69) is 0 Å². The Morgan fingerprint density at radius 2 is 2.23 bits per heavy atom. The predicted octanol–water partition coefficient (Wildman–Crippen LogP) is 1.64. The molecule has 3 nitrogen and oxygen atoms in total. The van der Waals surface area contributed by atoms with Crippen LogP contribution in [0.15, 0.2) is 24.5 Å². The van der Waals surface area contributed by atoms with Crippen molar-refractivity contribution in [1.29, 1.82) is 0 Å². The van der Waals surface area contributed by atoms with Crippen LogP contribution in [0.1, 0.15) is 12.8 Å². The number of hydrogen-bond donors (Lipinski definition) is 0. The summed E-state index contributed by atoms with van der Waals surface area (Å²) in [6.45, 7) is 2.28. The number of aromatic nitrogens is 1. The molecule has 1 aromatic heterocycles. The first-order valence-corrected chi connectivity index (χ1v) is 4.75. The molecule has 1 fully saturated rings. The molecule has 72 valence electrons. The Kier molecular flexibility index (Phi) is 3.00. The first-order chi connectivity index (χ1) is 6.45. The van der Waals surface area contributed by atoms with Crippen molar-refractivity contribution in [3.8, 4) is 0 Å². The van der Waals surface area contributed by atoms with Crippen LogP contribution in [-0.4, -0.2) is 23.9 Å². The maximum absolute atomic E-state index is 5.67. The van der Waals surface area contributed by atoms with Gasteiger partial charge in [-0.05, 0) is 25.0 Å². The summed E-state index contributed by atoms with van der Waals surface area (Å²) in [5, 5.41) is 0. The van der Waals surface area contributed by atoms with Crippen molar-refractivity contribution in [3.05, 3.63) is 24.5 Å². The molecule has 1 saturated heterocycles. The van der Waals surface area contributed by atoms with Crippen molar-refractivity contribution in [2.75, 3.05) is 13.2 Å².